The van der Waals surface area contributed by atoms with Crippen LogP contribution in [0.25, 0.3) is 0 Å². The zero-order valence-corrected chi connectivity index (χ0v) is 10.9. The van der Waals surface area contributed by atoms with Gasteiger partial charge in [0.1, 0.15) is 5.75 Å². The molecule has 0 bridgehead atoms. The Morgan fingerprint density at radius 3 is 3.11 bits per heavy atom. The van der Waals surface area contributed by atoms with Crippen LogP contribution >= 0.6 is 11.3 Å². The fourth-order valence-corrected chi connectivity index (χ4v) is 3.30. The van der Waals surface area contributed by atoms with Gasteiger partial charge in [-0.05, 0) is 41.6 Å². The molecule has 2 heterocycles. The van der Waals surface area contributed by atoms with E-state index in [1.54, 1.807) is 12.1 Å². The Hall–Kier alpha value is -1.52. The van der Waals surface area contributed by atoms with Gasteiger partial charge < -0.3 is 10.8 Å². The van der Waals surface area contributed by atoms with Crippen molar-refractivity contribution in [2.24, 2.45) is 0 Å². The summed E-state index contributed by atoms with van der Waals surface area (Å²) in [6.07, 6.45) is 1.11. The zero-order chi connectivity index (χ0) is 12.5. The van der Waals surface area contributed by atoms with Crippen molar-refractivity contribution in [3.63, 3.8) is 0 Å². The predicted molar refractivity (Wildman–Crippen MR) is 74.7 cm³/mol. The number of phenolic OH excluding ortho intramolecular Hbond substituents is 1. The van der Waals surface area contributed by atoms with Gasteiger partial charge in [-0.15, -0.1) is 11.3 Å². The van der Waals surface area contributed by atoms with Crippen molar-refractivity contribution in [3.8, 4) is 5.75 Å². The van der Waals surface area contributed by atoms with Crippen LogP contribution in [0, 0.1) is 0 Å². The molecule has 1 aromatic heterocycles. The highest BCUT2D eigenvalue weighted by Crippen LogP contribution is 2.27. The molecule has 0 spiro atoms. The molecule has 0 aliphatic carbocycles. The van der Waals surface area contributed by atoms with E-state index in [0.29, 0.717) is 11.4 Å². The van der Waals surface area contributed by atoms with Crippen LogP contribution in [-0.4, -0.2) is 16.6 Å². The number of hydrogen-bond acceptors (Lipinski definition) is 4. The summed E-state index contributed by atoms with van der Waals surface area (Å²) >= 11 is 1.84. The molecule has 0 atom stereocenters. The molecule has 0 amide bonds. The van der Waals surface area contributed by atoms with Crippen molar-refractivity contribution in [1.82, 2.24) is 4.90 Å². The molecule has 18 heavy (non-hydrogen) atoms. The molecule has 3 nitrogen and oxygen atoms in total. The fourth-order valence-electron chi connectivity index (χ4n) is 2.41. The van der Waals surface area contributed by atoms with Crippen LogP contribution in [0.2, 0.25) is 0 Å². The third-order valence-corrected chi connectivity index (χ3v) is 4.41. The lowest BCUT2D eigenvalue weighted by Gasteiger charge is -2.27. The van der Waals surface area contributed by atoms with Crippen LogP contribution in [0.4, 0.5) is 5.69 Å². The largest absolute Gasteiger partial charge is 0.508 e. The molecule has 0 radical (unpaired) electrons. The number of fused-ring (bicyclic) bond motifs is 1. The highest BCUT2D eigenvalue weighted by molar-refractivity contribution is 7.10. The monoisotopic (exact) mass is 260 g/mol. The van der Waals surface area contributed by atoms with Crippen molar-refractivity contribution in [2.75, 3.05) is 12.3 Å². The van der Waals surface area contributed by atoms with Crippen LogP contribution < -0.4 is 5.73 Å². The van der Waals surface area contributed by atoms with Gasteiger partial charge in [-0.3, -0.25) is 4.90 Å². The van der Waals surface area contributed by atoms with Crippen molar-refractivity contribution in [2.45, 2.75) is 19.5 Å². The number of nitrogens with two attached hydrogens (primary N) is 1. The summed E-state index contributed by atoms with van der Waals surface area (Å²) in [5.41, 5.74) is 8.81. The average molecular weight is 260 g/mol. The van der Waals surface area contributed by atoms with Crippen molar-refractivity contribution >= 4 is 17.0 Å². The number of anilines is 1. The first-order chi connectivity index (χ1) is 8.72. The summed E-state index contributed by atoms with van der Waals surface area (Å²) < 4.78 is 0. The topological polar surface area (TPSA) is 49.5 Å². The highest BCUT2D eigenvalue weighted by Gasteiger charge is 2.18. The maximum Gasteiger partial charge on any atom is 0.120 e. The molecular formula is C14H16N2OS. The minimum Gasteiger partial charge on any atom is -0.508 e. The number of thiophene rings is 1. The molecule has 3 rings (SSSR count). The molecule has 4 heteroatoms. The molecule has 0 saturated heterocycles. The second kappa shape index (κ2) is 4.63. The maximum absolute atomic E-state index is 9.84. The third-order valence-electron chi connectivity index (χ3n) is 3.38. The van der Waals surface area contributed by atoms with Gasteiger partial charge in [0, 0.05) is 35.8 Å². The predicted octanol–water partition coefficient (Wildman–Crippen LogP) is 2.59. The number of aromatic hydroxyl groups is 1. The van der Waals surface area contributed by atoms with Crippen LogP contribution in [0.15, 0.2) is 29.6 Å². The second-order valence-corrected chi connectivity index (χ2v) is 5.72. The van der Waals surface area contributed by atoms with Gasteiger partial charge in [0.05, 0.1) is 0 Å². The van der Waals surface area contributed by atoms with E-state index in [1.165, 1.54) is 10.4 Å². The number of rotatable bonds is 2. The second-order valence-electron chi connectivity index (χ2n) is 4.72. The van der Waals surface area contributed by atoms with E-state index in [2.05, 4.69) is 16.3 Å². The number of nitrogen functional groups attached to an aromatic ring is 1. The van der Waals surface area contributed by atoms with Crippen LogP contribution in [-0.2, 0) is 19.5 Å². The number of phenols is 1. The summed E-state index contributed by atoms with van der Waals surface area (Å²) in [5, 5.41) is 12.0. The van der Waals surface area contributed by atoms with Crippen LogP contribution in [0.3, 0.4) is 0 Å². The Labute approximate surface area is 110 Å². The first-order valence-corrected chi connectivity index (χ1v) is 6.95. The molecule has 0 fully saturated rings. The molecule has 0 saturated carbocycles. The molecule has 3 N–H and O–H groups in total. The molecule has 0 unspecified atom stereocenters. The van der Waals surface area contributed by atoms with E-state index in [9.17, 15) is 5.11 Å². The lowest BCUT2D eigenvalue weighted by atomic mass is 10.1. The minimum absolute atomic E-state index is 0.334. The first kappa shape index (κ1) is 11.6. The van der Waals surface area contributed by atoms with Gasteiger partial charge in [-0.25, -0.2) is 0 Å². The summed E-state index contributed by atoms with van der Waals surface area (Å²) in [5.74, 6) is 0.334. The normalized spacial score (nSPS) is 15.6. The SMILES string of the molecule is Nc1ccc(O)c(CN2CCc3sccc3C2)c1. The van der Waals surface area contributed by atoms with Gasteiger partial charge in [0.15, 0.2) is 0 Å². The van der Waals surface area contributed by atoms with Gasteiger partial charge >= 0.3 is 0 Å². The van der Waals surface area contributed by atoms with E-state index in [4.69, 9.17) is 5.73 Å². The molecule has 2 aromatic rings. The Balaban J connectivity index is 1.76. The van der Waals surface area contributed by atoms with E-state index in [1.807, 2.05) is 17.4 Å². The van der Waals surface area contributed by atoms with Gasteiger partial charge in [0.25, 0.3) is 0 Å². The first-order valence-electron chi connectivity index (χ1n) is 6.07. The summed E-state index contributed by atoms with van der Waals surface area (Å²) in [6, 6.07) is 7.46. The lowest BCUT2D eigenvalue weighted by molar-refractivity contribution is 0.244. The van der Waals surface area contributed by atoms with Gasteiger partial charge in [-0.2, -0.15) is 0 Å². The fraction of sp³-hybridized carbons (Fsp3) is 0.286. The van der Waals surface area contributed by atoms with E-state index < -0.39 is 0 Å². The molecule has 1 aliphatic heterocycles. The van der Waals surface area contributed by atoms with Crippen molar-refractivity contribution in [1.29, 1.82) is 0 Å². The third kappa shape index (κ3) is 2.21. The lowest BCUT2D eigenvalue weighted by Crippen LogP contribution is -2.29. The number of benzene rings is 1. The van der Waals surface area contributed by atoms with Crippen molar-refractivity contribution < 1.29 is 5.11 Å². The van der Waals surface area contributed by atoms with E-state index in [0.717, 1.165) is 31.6 Å². The quantitative estimate of drug-likeness (QED) is 0.644. The molecule has 94 valence electrons. The number of hydrogen-bond donors (Lipinski definition) is 2. The Bertz CT molecular complexity index is 565. The summed E-state index contributed by atoms with van der Waals surface area (Å²) in [4.78, 5) is 3.85. The summed E-state index contributed by atoms with van der Waals surface area (Å²) in [7, 11) is 0. The Kier molecular flexibility index (Phi) is 2.97. The average Bonchev–Trinajstić information content (AvgIpc) is 2.81. The summed E-state index contributed by atoms with van der Waals surface area (Å²) in [6.45, 7) is 2.76. The van der Waals surface area contributed by atoms with Crippen LogP contribution in [0.5, 0.6) is 5.75 Å². The Morgan fingerprint density at radius 2 is 2.22 bits per heavy atom. The van der Waals surface area contributed by atoms with Crippen LogP contribution in [0.1, 0.15) is 16.0 Å². The minimum atomic E-state index is 0.334. The van der Waals surface area contributed by atoms with E-state index >= 15 is 0 Å². The molecular weight excluding hydrogens is 244 g/mol. The molecule has 1 aliphatic rings. The van der Waals surface area contributed by atoms with E-state index in [-0.39, 0.29) is 0 Å². The molecule has 1 aromatic carbocycles. The maximum atomic E-state index is 9.84. The number of nitrogens with zero attached hydrogens (tertiary/aromatic N) is 1. The smallest absolute Gasteiger partial charge is 0.120 e. The Morgan fingerprint density at radius 1 is 1.33 bits per heavy atom. The standard InChI is InChI=1S/C14H16N2OS/c15-12-1-2-13(17)11(7-12)9-16-5-3-14-10(8-16)4-6-18-14/h1-2,4,6-7,17H,3,5,8-9,15H2. The zero-order valence-electron chi connectivity index (χ0n) is 10.1. The van der Waals surface area contributed by atoms with Crippen molar-refractivity contribution in [3.05, 3.63) is 45.6 Å². The highest BCUT2D eigenvalue weighted by atomic mass is 32.1. The van der Waals surface area contributed by atoms with Gasteiger partial charge in [-0.1, -0.05) is 0 Å². The van der Waals surface area contributed by atoms with Gasteiger partial charge in [0.2, 0.25) is 0 Å².